The smallest absolute Gasteiger partial charge is 0 e. The fourth-order valence-electron chi connectivity index (χ4n) is 0. The van der Waals surface area contributed by atoms with Gasteiger partial charge < -0.3 is 27.4 Å². The quantitative estimate of drug-likeness (QED) is 0.234. The molecule has 0 saturated carbocycles. The van der Waals surface area contributed by atoms with E-state index in [0.717, 1.165) is 0 Å². The Balaban J connectivity index is 0. The standard InChI is InChI=1S/10Fe.5H2O/h;;;;;;;;;;5*1H2. The van der Waals surface area contributed by atoms with E-state index in [1.165, 1.54) is 0 Å². The minimum atomic E-state index is 0. The molecule has 0 rings (SSSR count). The van der Waals surface area contributed by atoms with Gasteiger partial charge in [0.2, 0.25) is 0 Å². The summed E-state index contributed by atoms with van der Waals surface area (Å²) >= 11 is 0. The first kappa shape index (κ1) is 289. The van der Waals surface area contributed by atoms with Crippen molar-refractivity contribution in [3.05, 3.63) is 0 Å². The molecule has 0 unspecified atom stereocenters. The van der Waals surface area contributed by atoms with Crippen LogP contribution in [0.3, 0.4) is 0 Å². The van der Waals surface area contributed by atoms with Crippen molar-refractivity contribution in [2.75, 3.05) is 0 Å². The largest absolute Gasteiger partial charge is 0.412 e. The predicted octanol–water partition coefficient (Wildman–Crippen LogP) is -4.15. The van der Waals surface area contributed by atoms with Crippen molar-refractivity contribution in [2.45, 2.75) is 0 Å². The van der Waals surface area contributed by atoms with Gasteiger partial charge in [-0.1, -0.05) is 0 Å². The van der Waals surface area contributed by atoms with Crippen LogP contribution in [0.15, 0.2) is 0 Å². The van der Waals surface area contributed by atoms with Crippen LogP contribution in [0, 0.1) is 0 Å². The molecular formula is H10Fe10O5. The van der Waals surface area contributed by atoms with Crippen LogP contribution in [0.4, 0.5) is 0 Å². The average Bonchev–Trinajstić information content (AvgIpc) is 0. The van der Waals surface area contributed by atoms with Crippen molar-refractivity contribution in [1.29, 1.82) is 0 Å². The minimum absolute atomic E-state index is 0. The molecule has 0 aliphatic rings. The molecule has 0 bridgehead atoms. The van der Waals surface area contributed by atoms with Crippen molar-refractivity contribution in [3.8, 4) is 0 Å². The van der Waals surface area contributed by atoms with Gasteiger partial charge in [-0.3, -0.25) is 0 Å². The zero-order chi connectivity index (χ0) is 0. The Morgan fingerprint density at radius 3 is 0.133 bits per heavy atom. The van der Waals surface area contributed by atoms with Crippen molar-refractivity contribution in [1.82, 2.24) is 0 Å². The third-order valence-electron chi connectivity index (χ3n) is 0. The van der Waals surface area contributed by atoms with Crippen LogP contribution in [0.25, 0.3) is 0 Å². The molecule has 15 heteroatoms. The van der Waals surface area contributed by atoms with Crippen LogP contribution < -0.4 is 0 Å². The molecule has 0 aromatic carbocycles. The summed E-state index contributed by atoms with van der Waals surface area (Å²) in [6, 6.07) is 0. The number of hydrogen-bond acceptors (Lipinski definition) is 0. The van der Waals surface area contributed by atoms with Gasteiger partial charge in [-0.2, -0.15) is 0 Å². The first-order valence-electron chi connectivity index (χ1n) is 0. The molecule has 0 saturated heterocycles. The molecule has 0 radical (unpaired) electrons. The molecule has 15 heavy (non-hydrogen) atoms. The molecule has 120 valence electrons. The van der Waals surface area contributed by atoms with Gasteiger partial charge in [-0.15, -0.1) is 0 Å². The van der Waals surface area contributed by atoms with Crippen molar-refractivity contribution in [2.24, 2.45) is 0 Å². The van der Waals surface area contributed by atoms with Crippen LogP contribution >= 0.6 is 0 Å². The van der Waals surface area contributed by atoms with Crippen LogP contribution in [-0.2, 0) is 171 Å². The molecular weight excluding hydrogens is 638 g/mol. The fraction of sp³-hybridized carbons (Fsp3) is 0. The summed E-state index contributed by atoms with van der Waals surface area (Å²) in [6.07, 6.45) is 0. The van der Waals surface area contributed by atoms with Gasteiger partial charge in [0.25, 0.3) is 0 Å². The number of rotatable bonds is 0. The minimum Gasteiger partial charge on any atom is -0.412 e. The molecule has 0 aromatic heterocycles. The molecule has 0 amide bonds. The first-order valence-corrected chi connectivity index (χ1v) is 0. The predicted molar refractivity (Wildman–Crippen MR) is 18.1 cm³/mol. The zero-order valence-corrected chi connectivity index (χ0v) is 17.1. The molecule has 0 aliphatic heterocycles. The van der Waals surface area contributed by atoms with E-state index in [2.05, 4.69) is 0 Å². The summed E-state index contributed by atoms with van der Waals surface area (Å²) in [5.41, 5.74) is 0. The second-order valence-electron chi connectivity index (χ2n) is 0. The van der Waals surface area contributed by atoms with Crippen molar-refractivity contribution >= 4 is 0 Å². The molecule has 10 N–H and O–H groups in total. The van der Waals surface area contributed by atoms with Crippen molar-refractivity contribution < 1.29 is 198 Å². The maximum Gasteiger partial charge on any atom is 0 e. The Bertz CT molecular complexity index is 13.8. The molecule has 0 spiro atoms. The fourth-order valence-corrected chi connectivity index (χ4v) is 0. The van der Waals surface area contributed by atoms with E-state index in [1.54, 1.807) is 0 Å². The van der Waals surface area contributed by atoms with Crippen LogP contribution in [0.2, 0.25) is 0 Å². The van der Waals surface area contributed by atoms with Gasteiger partial charge in [0.1, 0.15) is 0 Å². The zero-order valence-electron chi connectivity index (χ0n) is 6.04. The van der Waals surface area contributed by atoms with Gasteiger partial charge in [-0.25, -0.2) is 0 Å². The second-order valence-corrected chi connectivity index (χ2v) is 0. The molecule has 0 fully saturated rings. The van der Waals surface area contributed by atoms with Gasteiger partial charge >= 0.3 is 0 Å². The monoisotopic (exact) mass is 649 g/mol. The van der Waals surface area contributed by atoms with Crippen LogP contribution in [0.5, 0.6) is 0 Å². The Morgan fingerprint density at radius 2 is 0.133 bits per heavy atom. The Labute approximate surface area is 195 Å². The maximum atomic E-state index is 0. The van der Waals surface area contributed by atoms with E-state index in [0.29, 0.717) is 0 Å². The summed E-state index contributed by atoms with van der Waals surface area (Å²) in [4.78, 5) is 0. The summed E-state index contributed by atoms with van der Waals surface area (Å²) < 4.78 is 0. The van der Waals surface area contributed by atoms with Crippen molar-refractivity contribution in [3.63, 3.8) is 0 Å². The van der Waals surface area contributed by atoms with E-state index in [-0.39, 0.29) is 198 Å². The second kappa shape index (κ2) is 247. The Hall–Kier alpha value is 4.99. The van der Waals surface area contributed by atoms with Crippen LogP contribution in [0.1, 0.15) is 0 Å². The third-order valence-corrected chi connectivity index (χ3v) is 0. The van der Waals surface area contributed by atoms with Gasteiger partial charge in [-0.05, 0) is 0 Å². The van der Waals surface area contributed by atoms with Crippen LogP contribution in [-0.4, -0.2) is 27.4 Å². The normalized spacial score (nSPS) is 0. The molecule has 0 aromatic rings. The van der Waals surface area contributed by atoms with Gasteiger partial charge in [0.05, 0.1) is 0 Å². The molecule has 0 aliphatic carbocycles. The summed E-state index contributed by atoms with van der Waals surface area (Å²) in [5, 5.41) is 0. The molecule has 0 heterocycles. The first-order chi connectivity index (χ1) is 0. The van der Waals surface area contributed by atoms with E-state index in [1.807, 2.05) is 0 Å². The topological polar surface area (TPSA) is 158 Å². The SMILES string of the molecule is O.O.O.O.O.[Fe].[Fe].[Fe].[Fe].[Fe].[Fe].[Fe].[Fe].[Fe].[Fe]. The van der Waals surface area contributed by atoms with E-state index < -0.39 is 0 Å². The maximum absolute atomic E-state index is 0. The van der Waals surface area contributed by atoms with E-state index in [4.69, 9.17) is 0 Å². The average molecular weight is 649 g/mol. The van der Waals surface area contributed by atoms with E-state index >= 15 is 0 Å². The van der Waals surface area contributed by atoms with Gasteiger partial charge in [0.15, 0.2) is 0 Å². The van der Waals surface area contributed by atoms with E-state index in [9.17, 15) is 0 Å². The van der Waals surface area contributed by atoms with Gasteiger partial charge in [0, 0.05) is 171 Å². The summed E-state index contributed by atoms with van der Waals surface area (Å²) in [7, 11) is 0. The Kier molecular flexibility index (Phi) is 4750. The third kappa shape index (κ3) is 220. The number of hydrogen-bond donors (Lipinski definition) is 0. The summed E-state index contributed by atoms with van der Waals surface area (Å²) in [6.45, 7) is 0. The Morgan fingerprint density at radius 1 is 0.133 bits per heavy atom. The molecule has 0 atom stereocenters. The molecule has 5 nitrogen and oxygen atoms in total. The summed E-state index contributed by atoms with van der Waals surface area (Å²) in [5.74, 6) is 0.